The predicted octanol–water partition coefficient (Wildman–Crippen LogP) is 5.77. The topological polar surface area (TPSA) is 86.3 Å². The van der Waals surface area contributed by atoms with Crippen molar-refractivity contribution >= 4 is 46.3 Å². The Morgan fingerprint density at radius 3 is 2.52 bits per heavy atom. The van der Waals surface area contributed by atoms with Crippen molar-refractivity contribution in [2.24, 2.45) is 5.10 Å². The number of hydrazone groups is 1. The van der Waals surface area contributed by atoms with Crippen LogP contribution in [0.2, 0.25) is 0 Å². The number of nitrogens with zero attached hydrogens (tertiary/aromatic N) is 3. The van der Waals surface area contributed by atoms with Crippen molar-refractivity contribution in [2.45, 2.75) is 44.7 Å². The van der Waals surface area contributed by atoms with E-state index in [0.29, 0.717) is 28.6 Å². The van der Waals surface area contributed by atoms with Gasteiger partial charge in [-0.25, -0.2) is 5.43 Å². The Kier molecular flexibility index (Phi) is 10.6. The molecule has 0 atom stereocenters. The molecule has 2 N–H and O–H groups in total. The lowest BCUT2D eigenvalue weighted by Gasteiger charge is -2.40. The summed E-state index contributed by atoms with van der Waals surface area (Å²) >= 11 is 2.15. The van der Waals surface area contributed by atoms with Gasteiger partial charge in [-0.05, 0) is 128 Å². The first kappa shape index (κ1) is 30.2. The second-order valence-corrected chi connectivity index (χ2v) is 12.2. The maximum atomic E-state index is 13.3. The molecule has 2 amide bonds. The van der Waals surface area contributed by atoms with Gasteiger partial charge in [-0.2, -0.15) is 5.10 Å². The summed E-state index contributed by atoms with van der Waals surface area (Å²) in [5.41, 5.74) is 5.81. The molecule has 0 aromatic heterocycles. The van der Waals surface area contributed by atoms with Gasteiger partial charge in [-0.15, -0.1) is 0 Å². The number of likely N-dealkylation sites (tertiary alicyclic amines) is 2. The van der Waals surface area contributed by atoms with Crippen LogP contribution in [0.4, 0.5) is 5.69 Å². The maximum absolute atomic E-state index is 13.3. The van der Waals surface area contributed by atoms with Crippen molar-refractivity contribution < 1.29 is 14.3 Å². The zero-order valence-electron chi connectivity index (χ0n) is 24.0. The third kappa shape index (κ3) is 8.17. The highest BCUT2D eigenvalue weighted by Gasteiger charge is 2.25. The van der Waals surface area contributed by atoms with Gasteiger partial charge in [0.1, 0.15) is 5.75 Å². The van der Waals surface area contributed by atoms with Crippen LogP contribution in [-0.4, -0.2) is 67.2 Å². The number of nitrogens with one attached hydrogen (secondary N) is 2. The molecule has 0 aliphatic carbocycles. The normalized spacial score (nSPS) is 16.8. The third-order valence-electron chi connectivity index (χ3n) is 8.01. The van der Waals surface area contributed by atoms with Gasteiger partial charge in [0, 0.05) is 21.7 Å². The summed E-state index contributed by atoms with van der Waals surface area (Å²) in [4.78, 5) is 31.5. The molecule has 220 valence electrons. The Hall–Kier alpha value is -3.28. The summed E-state index contributed by atoms with van der Waals surface area (Å²) in [5, 5.41) is 7.04. The zero-order valence-corrected chi connectivity index (χ0v) is 26.2. The number of halogens is 1. The molecular formula is C33H38IN5O3. The average Bonchev–Trinajstić information content (AvgIpc) is 3.03. The highest BCUT2D eigenvalue weighted by molar-refractivity contribution is 14.1. The standard InChI is InChI=1S/C33H38IN5O3/c1-42-29-10-6-7-24(20-29)22-35-37-33(41)30-21-27(34)11-12-31(30)36-32(40)26-9-5-8-25(19-26)23-38-17-13-28(14-18-38)39-15-3-2-4-16-39/h5-12,19-22,28H,2-4,13-18,23H2,1H3,(H,36,40)(H,37,41)/b35-22+. The smallest absolute Gasteiger partial charge is 0.273 e. The number of amides is 2. The van der Waals surface area contributed by atoms with Crippen LogP contribution in [0, 0.1) is 3.57 Å². The number of ether oxygens (including phenoxy) is 1. The van der Waals surface area contributed by atoms with E-state index in [9.17, 15) is 9.59 Å². The first-order valence-electron chi connectivity index (χ1n) is 14.6. The van der Waals surface area contributed by atoms with Crippen LogP contribution in [0.5, 0.6) is 5.75 Å². The average molecular weight is 680 g/mol. The van der Waals surface area contributed by atoms with Crippen molar-refractivity contribution in [1.82, 2.24) is 15.2 Å². The zero-order chi connectivity index (χ0) is 29.3. The van der Waals surface area contributed by atoms with E-state index in [1.165, 1.54) is 45.2 Å². The summed E-state index contributed by atoms with van der Waals surface area (Å²) < 4.78 is 6.10. The minimum Gasteiger partial charge on any atom is -0.497 e. The van der Waals surface area contributed by atoms with Crippen LogP contribution in [-0.2, 0) is 6.54 Å². The Balaban J connectivity index is 1.19. The summed E-state index contributed by atoms with van der Waals surface area (Å²) in [7, 11) is 1.60. The van der Waals surface area contributed by atoms with Gasteiger partial charge in [-0.1, -0.05) is 30.7 Å². The molecule has 0 bridgehead atoms. The van der Waals surface area contributed by atoms with Crippen LogP contribution in [0.15, 0.2) is 71.8 Å². The summed E-state index contributed by atoms with van der Waals surface area (Å²) in [5.74, 6) is 0.0369. The van der Waals surface area contributed by atoms with Gasteiger partial charge in [0.15, 0.2) is 0 Å². The molecule has 5 rings (SSSR count). The molecule has 2 aliphatic heterocycles. The molecule has 2 aliphatic rings. The predicted molar refractivity (Wildman–Crippen MR) is 175 cm³/mol. The first-order chi connectivity index (χ1) is 20.5. The fourth-order valence-electron chi connectivity index (χ4n) is 5.75. The Morgan fingerprint density at radius 1 is 0.952 bits per heavy atom. The number of carbonyl (C=O) groups is 2. The van der Waals surface area contributed by atoms with Gasteiger partial charge in [0.25, 0.3) is 11.8 Å². The van der Waals surface area contributed by atoms with Crippen LogP contribution in [0.25, 0.3) is 0 Å². The van der Waals surface area contributed by atoms with Crippen molar-refractivity contribution in [1.29, 1.82) is 0 Å². The van der Waals surface area contributed by atoms with Crippen molar-refractivity contribution in [3.05, 3.63) is 92.6 Å². The fourth-order valence-corrected chi connectivity index (χ4v) is 6.24. The SMILES string of the molecule is COc1cccc(/C=N/NC(=O)c2cc(I)ccc2NC(=O)c2cccc(CN3CCC(N4CCCCC4)CC3)c2)c1. The van der Waals surface area contributed by atoms with Crippen LogP contribution in [0.1, 0.15) is 63.9 Å². The molecular weight excluding hydrogens is 641 g/mol. The van der Waals surface area contributed by atoms with Crippen molar-refractivity contribution in [3.8, 4) is 5.75 Å². The highest BCUT2D eigenvalue weighted by atomic mass is 127. The van der Waals surface area contributed by atoms with Gasteiger partial charge < -0.3 is 15.0 Å². The number of piperidine rings is 2. The number of methoxy groups -OCH3 is 1. The number of hydrogen-bond acceptors (Lipinski definition) is 6. The van der Waals surface area contributed by atoms with E-state index in [0.717, 1.165) is 34.3 Å². The van der Waals surface area contributed by atoms with Gasteiger partial charge >= 0.3 is 0 Å². The first-order valence-corrected chi connectivity index (χ1v) is 15.7. The number of hydrogen-bond donors (Lipinski definition) is 2. The number of benzene rings is 3. The van der Waals surface area contributed by atoms with E-state index in [4.69, 9.17) is 4.74 Å². The second kappa shape index (κ2) is 14.8. The van der Waals surface area contributed by atoms with Gasteiger partial charge in [-0.3, -0.25) is 14.5 Å². The summed E-state index contributed by atoms with van der Waals surface area (Å²) in [6.07, 6.45) is 8.01. The lowest BCUT2D eigenvalue weighted by atomic mass is 9.99. The molecule has 0 saturated carbocycles. The number of rotatable bonds is 9. The van der Waals surface area contributed by atoms with Crippen LogP contribution in [0.3, 0.4) is 0 Å². The van der Waals surface area contributed by atoms with Gasteiger partial charge in [0.05, 0.1) is 24.6 Å². The van der Waals surface area contributed by atoms with E-state index < -0.39 is 5.91 Å². The molecule has 3 aromatic carbocycles. The molecule has 2 heterocycles. The molecule has 2 fully saturated rings. The van der Waals surface area contributed by atoms with E-state index >= 15 is 0 Å². The van der Waals surface area contributed by atoms with E-state index in [1.807, 2.05) is 48.5 Å². The molecule has 9 heteroatoms. The molecule has 42 heavy (non-hydrogen) atoms. The monoisotopic (exact) mass is 679 g/mol. The Bertz CT molecular complexity index is 1410. The molecule has 2 saturated heterocycles. The maximum Gasteiger partial charge on any atom is 0.273 e. The molecule has 3 aromatic rings. The summed E-state index contributed by atoms with van der Waals surface area (Å²) in [6, 6.07) is 21.2. The molecule has 0 unspecified atom stereocenters. The Labute approximate surface area is 261 Å². The molecule has 0 radical (unpaired) electrons. The molecule has 8 nitrogen and oxygen atoms in total. The van der Waals surface area contributed by atoms with Crippen molar-refractivity contribution in [2.75, 3.05) is 38.6 Å². The summed E-state index contributed by atoms with van der Waals surface area (Å²) in [6.45, 7) is 5.50. The number of carbonyl (C=O) groups excluding carboxylic acids is 2. The lowest BCUT2D eigenvalue weighted by Crippen LogP contribution is -2.46. The van der Waals surface area contributed by atoms with E-state index in [-0.39, 0.29) is 5.91 Å². The quantitative estimate of drug-likeness (QED) is 0.171. The van der Waals surface area contributed by atoms with Gasteiger partial charge in [0.2, 0.25) is 0 Å². The van der Waals surface area contributed by atoms with Crippen molar-refractivity contribution in [3.63, 3.8) is 0 Å². The molecule has 0 spiro atoms. The van der Waals surface area contributed by atoms with E-state index in [1.54, 1.807) is 25.5 Å². The largest absolute Gasteiger partial charge is 0.497 e. The lowest BCUT2D eigenvalue weighted by molar-refractivity contribution is 0.0896. The highest BCUT2D eigenvalue weighted by Crippen LogP contribution is 2.23. The minimum atomic E-state index is -0.412. The van der Waals surface area contributed by atoms with E-state index in [2.05, 4.69) is 54.3 Å². The number of anilines is 1. The third-order valence-corrected chi connectivity index (χ3v) is 8.68. The Morgan fingerprint density at radius 2 is 1.74 bits per heavy atom. The minimum absolute atomic E-state index is 0.254. The fraction of sp³-hybridized carbons (Fsp3) is 0.364. The van der Waals surface area contributed by atoms with Crippen LogP contribution >= 0.6 is 22.6 Å². The second-order valence-electron chi connectivity index (χ2n) is 10.9. The van der Waals surface area contributed by atoms with Crippen LogP contribution < -0.4 is 15.5 Å².